The van der Waals surface area contributed by atoms with E-state index in [1.165, 1.54) is 13.1 Å². The van der Waals surface area contributed by atoms with Crippen LogP contribution in [0.4, 0.5) is 0 Å². The van der Waals surface area contributed by atoms with E-state index in [4.69, 9.17) is 0 Å². The van der Waals surface area contributed by atoms with Crippen LogP contribution in [0.25, 0.3) is 0 Å². The van der Waals surface area contributed by atoms with Gasteiger partial charge in [0.2, 0.25) is 0 Å². The molecule has 1 heterocycles. The summed E-state index contributed by atoms with van der Waals surface area (Å²) in [6.07, 6.45) is 2.06. The highest BCUT2D eigenvalue weighted by Crippen LogP contribution is 2.19. The lowest BCUT2D eigenvalue weighted by Crippen LogP contribution is -2.50. The van der Waals surface area contributed by atoms with Crippen molar-refractivity contribution in [2.45, 2.75) is 25.9 Å². The molecule has 94 valence electrons. The maximum atomic E-state index is 11.8. The number of benzene rings is 1. The van der Waals surface area contributed by atoms with E-state index in [1.54, 1.807) is 0 Å². The Morgan fingerprint density at radius 2 is 2.06 bits per heavy atom. The SMILES string of the molecule is C/C(O)=C1/C=NC(C)(Cc2ccccc2)NC1=O. The van der Waals surface area contributed by atoms with E-state index < -0.39 is 5.66 Å². The molecule has 18 heavy (non-hydrogen) atoms. The number of carbonyl (C=O) groups is 1. The number of aliphatic hydroxyl groups excluding tert-OH is 1. The first kappa shape index (κ1) is 12.4. The van der Waals surface area contributed by atoms with E-state index in [1.807, 2.05) is 37.3 Å². The Morgan fingerprint density at radius 3 is 2.61 bits per heavy atom. The molecule has 0 saturated heterocycles. The molecular formula is C14H16N2O2. The van der Waals surface area contributed by atoms with Crippen molar-refractivity contribution < 1.29 is 9.90 Å². The molecule has 0 aromatic heterocycles. The highest BCUT2D eigenvalue weighted by atomic mass is 16.3. The van der Waals surface area contributed by atoms with E-state index in [0.29, 0.717) is 6.42 Å². The van der Waals surface area contributed by atoms with Gasteiger partial charge in [-0.1, -0.05) is 30.3 Å². The summed E-state index contributed by atoms with van der Waals surface area (Å²) in [6.45, 7) is 3.33. The molecule has 0 radical (unpaired) electrons. The van der Waals surface area contributed by atoms with E-state index in [-0.39, 0.29) is 17.2 Å². The number of hydrogen-bond acceptors (Lipinski definition) is 3. The third kappa shape index (κ3) is 2.59. The summed E-state index contributed by atoms with van der Waals surface area (Å²) in [4.78, 5) is 16.2. The van der Waals surface area contributed by atoms with Crippen molar-refractivity contribution in [1.82, 2.24) is 5.32 Å². The van der Waals surface area contributed by atoms with Gasteiger partial charge in [0.25, 0.3) is 5.91 Å². The fourth-order valence-corrected chi connectivity index (χ4v) is 1.95. The summed E-state index contributed by atoms with van der Waals surface area (Å²) < 4.78 is 0. The van der Waals surface area contributed by atoms with Gasteiger partial charge in [-0.05, 0) is 19.4 Å². The van der Waals surface area contributed by atoms with Crippen LogP contribution in [0.15, 0.2) is 46.7 Å². The normalized spacial score (nSPS) is 25.8. The second-order valence-corrected chi connectivity index (χ2v) is 4.65. The van der Waals surface area contributed by atoms with Gasteiger partial charge >= 0.3 is 0 Å². The van der Waals surface area contributed by atoms with Gasteiger partial charge in [0, 0.05) is 12.6 Å². The molecule has 1 aliphatic heterocycles. The van der Waals surface area contributed by atoms with Crippen molar-refractivity contribution >= 4 is 12.1 Å². The van der Waals surface area contributed by atoms with Crippen molar-refractivity contribution in [2.75, 3.05) is 0 Å². The molecule has 1 atom stereocenters. The molecule has 0 saturated carbocycles. The highest BCUT2D eigenvalue weighted by Gasteiger charge is 2.30. The molecular weight excluding hydrogens is 228 g/mol. The zero-order valence-corrected chi connectivity index (χ0v) is 10.5. The molecule has 1 aromatic carbocycles. The lowest BCUT2D eigenvalue weighted by molar-refractivity contribution is -0.119. The molecule has 0 fully saturated rings. The Balaban J connectivity index is 2.22. The van der Waals surface area contributed by atoms with Crippen LogP contribution in [-0.2, 0) is 11.2 Å². The molecule has 1 amide bonds. The Kier molecular flexibility index (Phi) is 3.19. The van der Waals surface area contributed by atoms with Gasteiger partial charge in [0.1, 0.15) is 11.4 Å². The van der Waals surface area contributed by atoms with Crippen molar-refractivity contribution in [3.8, 4) is 0 Å². The minimum atomic E-state index is -0.655. The Hall–Kier alpha value is -2.10. The first-order chi connectivity index (χ1) is 8.50. The van der Waals surface area contributed by atoms with Crippen LogP contribution in [0.5, 0.6) is 0 Å². The molecule has 0 spiro atoms. The van der Waals surface area contributed by atoms with Crippen LogP contribution in [0.1, 0.15) is 19.4 Å². The maximum Gasteiger partial charge on any atom is 0.258 e. The van der Waals surface area contributed by atoms with Crippen LogP contribution >= 0.6 is 0 Å². The molecule has 1 aliphatic rings. The largest absolute Gasteiger partial charge is 0.512 e. The Morgan fingerprint density at radius 1 is 1.39 bits per heavy atom. The molecule has 0 aliphatic carbocycles. The fraction of sp³-hybridized carbons (Fsp3) is 0.286. The topological polar surface area (TPSA) is 61.7 Å². The van der Waals surface area contributed by atoms with Gasteiger partial charge in [-0.2, -0.15) is 0 Å². The predicted octanol–water partition coefficient (Wildman–Crippen LogP) is 1.98. The van der Waals surface area contributed by atoms with Gasteiger partial charge in [-0.15, -0.1) is 0 Å². The zero-order chi connectivity index (χ0) is 13.2. The summed E-state index contributed by atoms with van der Waals surface area (Å²) in [5, 5.41) is 12.2. The average Bonchev–Trinajstić information content (AvgIpc) is 2.29. The summed E-state index contributed by atoms with van der Waals surface area (Å²) in [5.74, 6) is -0.304. The van der Waals surface area contributed by atoms with Crippen LogP contribution in [0.2, 0.25) is 0 Å². The van der Waals surface area contributed by atoms with Crippen molar-refractivity contribution in [2.24, 2.45) is 4.99 Å². The predicted molar refractivity (Wildman–Crippen MR) is 70.5 cm³/mol. The number of aliphatic hydroxyl groups is 1. The fourth-order valence-electron chi connectivity index (χ4n) is 1.95. The van der Waals surface area contributed by atoms with E-state index in [0.717, 1.165) is 5.56 Å². The van der Waals surface area contributed by atoms with Gasteiger partial charge < -0.3 is 10.4 Å². The first-order valence-corrected chi connectivity index (χ1v) is 5.82. The van der Waals surface area contributed by atoms with Crippen LogP contribution < -0.4 is 5.32 Å². The third-order valence-corrected chi connectivity index (χ3v) is 2.89. The second kappa shape index (κ2) is 4.64. The van der Waals surface area contributed by atoms with Crippen molar-refractivity contribution in [3.05, 3.63) is 47.2 Å². The number of amides is 1. The summed E-state index contributed by atoms with van der Waals surface area (Å²) in [7, 11) is 0. The molecule has 2 N–H and O–H groups in total. The number of nitrogens with one attached hydrogen (secondary N) is 1. The van der Waals surface area contributed by atoms with Crippen molar-refractivity contribution in [3.63, 3.8) is 0 Å². The number of allylic oxidation sites excluding steroid dienone is 1. The monoisotopic (exact) mass is 244 g/mol. The quantitative estimate of drug-likeness (QED) is 0.617. The Bertz CT molecular complexity index is 516. The minimum Gasteiger partial charge on any atom is -0.512 e. The number of hydrogen-bond donors (Lipinski definition) is 2. The molecule has 1 aromatic rings. The molecule has 4 heteroatoms. The molecule has 2 rings (SSSR count). The summed E-state index contributed by atoms with van der Waals surface area (Å²) in [6, 6.07) is 9.85. The van der Waals surface area contributed by atoms with E-state index in [2.05, 4.69) is 10.3 Å². The van der Waals surface area contributed by atoms with Gasteiger partial charge in [-0.25, -0.2) is 0 Å². The lowest BCUT2D eigenvalue weighted by atomic mass is 9.99. The van der Waals surface area contributed by atoms with Crippen molar-refractivity contribution in [1.29, 1.82) is 0 Å². The molecule has 4 nitrogen and oxygen atoms in total. The average molecular weight is 244 g/mol. The third-order valence-electron chi connectivity index (χ3n) is 2.89. The number of aliphatic imine (C=N–C) groups is 1. The molecule has 0 bridgehead atoms. The second-order valence-electron chi connectivity index (χ2n) is 4.65. The minimum absolute atomic E-state index is 0.0157. The van der Waals surface area contributed by atoms with Gasteiger partial charge in [0.05, 0.1) is 5.57 Å². The summed E-state index contributed by atoms with van der Waals surface area (Å²) in [5.41, 5.74) is 0.670. The standard InChI is InChI=1S/C14H16N2O2/c1-10(17)12-9-15-14(2,16-13(12)18)8-11-6-4-3-5-7-11/h3-7,9,17H,8H2,1-2H3,(H,16,18)/b12-10+. The number of carbonyl (C=O) groups excluding carboxylic acids is 1. The Labute approximate surface area is 106 Å². The smallest absolute Gasteiger partial charge is 0.258 e. The maximum absolute atomic E-state index is 11.8. The number of rotatable bonds is 2. The lowest BCUT2D eigenvalue weighted by Gasteiger charge is -2.30. The molecule has 1 unspecified atom stereocenters. The van der Waals surface area contributed by atoms with E-state index >= 15 is 0 Å². The van der Waals surface area contributed by atoms with Gasteiger partial charge in [-0.3, -0.25) is 9.79 Å². The van der Waals surface area contributed by atoms with Gasteiger partial charge in [0.15, 0.2) is 0 Å². The van der Waals surface area contributed by atoms with Crippen LogP contribution in [0.3, 0.4) is 0 Å². The first-order valence-electron chi connectivity index (χ1n) is 5.82. The van der Waals surface area contributed by atoms with Crippen LogP contribution in [0, 0.1) is 0 Å². The highest BCUT2D eigenvalue weighted by molar-refractivity contribution is 6.14. The zero-order valence-electron chi connectivity index (χ0n) is 10.5. The summed E-state index contributed by atoms with van der Waals surface area (Å²) >= 11 is 0. The van der Waals surface area contributed by atoms with E-state index in [9.17, 15) is 9.90 Å². The number of nitrogens with zero attached hydrogens (tertiary/aromatic N) is 1. The van der Waals surface area contributed by atoms with Crippen LogP contribution in [-0.4, -0.2) is 22.9 Å².